The molecule has 2 amide bonds. The molecule has 2 heterocycles. The zero-order valence-corrected chi connectivity index (χ0v) is 14.8. The summed E-state index contributed by atoms with van der Waals surface area (Å²) in [6.07, 6.45) is 0.655. The summed E-state index contributed by atoms with van der Waals surface area (Å²) in [5.74, 6) is -0.400. The first-order chi connectivity index (χ1) is 12.6. The number of morpholine rings is 1. The first-order valence-electron chi connectivity index (χ1n) is 9.30. The van der Waals surface area contributed by atoms with E-state index < -0.39 is 0 Å². The van der Waals surface area contributed by atoms with Crippen molar-refractivity contribution < 1.29 is 18.7 Å². The molecule has 26 heavy (non-hydrogen) atoms. The fraction of sp³-hybridized carbons (Fsp3) is 0.579. The molecule has 0 aromatic heterocycles. The molecule has 1 aliphatic carbocycles. The predicted molar refractivity (Wildman–Crippen MR) is 94.2 cm³/mol. The first kappa shape index (κ1) is 17.3. The topological polar surface area (TPSA) is 53.1 Å². The number of rotatable bonds is 3. The summed E-state index contributed by atoms with van der Waals surface area (Å²) in [6.45, 7) is 4.77. The molecule has 1 aromatic rings. The van der Waals surface area contributed by atoms with Crippen molar-refractivity contribution in [3.8, 4) is 0 Å². The normalized spacial score (nSPS) is 26.0. The van der Waals surface area contributed by atoms with E-state index in [-0.39, 0.29) is 29.5 Å². The molecule has 3 fully saturated rings. The number of para-hydroxylation sites is 1. The molecule has 2 atom stereocenters. The zero-order valence-electron chi connectivity index (χ0n) is 14.8. The number of halogens is 1. The fourth-order valence-electron chi connectivity index (χ4n) is 3.87. The fourth-order valence-corrected chi connectivity index (χ4v) is 3.87. The maximum Gasteiger partial charge on any atom is 0.226 e. The van der Waals surface area contributed by atoms with Crippen LogP contribution in [-0.2, 0) is 14.3 Å². The van der Waals surface area contributed by atoms with Crippen molar-refractivity contribution >= 4 is 17.5 Å². The lowest BCUT2D eigenvalue weighted by molar-refractivity contribution is -0.140. The van der Waals surface area contributed by atoms with Gasteiger partial charge in [-0.15, -0.1) is 0 Å². The van der Waals surface area contributed by atoms with Gasteiger partial charge in [0.05, 0.1) is 30.7 Å². The van der Waals surface area contributed by atoms with Gasteiger partial charge in [0, 0.05) is 39.3 Å². The maximum absolute atomic E-state index is 13.9. The van der Waals surface area contributed by atoms with Gasteiger partial charge in [0.25, 0.3) is 0 Å². The minimum Gasteiger partial charge on any atom is -0.378 e. The summed E-state index contributed by atoms with van der Waals surface area (Å²) in [6, 6.07) is 6.73. The number of carbonyl (C=O) groups is 2. The lowest BCUT2D eigenvalue weighted by Gasteiger charge is -2.36. The second-order valence-corrected chi connectivity index (χ2v) is 7.15. The largest absolute Gasteiger partial charge is 0.378 e. The van der Waals surface area contributed by atoms with Gasteiger partial charge in [-0.3, -0.25) is 9.59 Å². The van der Waals surface area contributed by atoms with E-state index >= 15 is 0 Å². The molecular formula is C19H24FN3O3. The number of hydrogen-bond acceptors (Lipinski definition) is 4. The van der Waals surface area contributed by atoms with E-state index in [1.807, 2.05) is 20.8 Å². The van der Waals surface area contributed by atoms with Crippen molar-refractivity contribution in [2.75, 3.05) is 57.4 Å². The van der Waals surface area contributed by atoms with Crippen LogP contribution in [0.5, 0.6) is 0 Å². The van der Waals surface area contributed by atoms with Crippen LogP contribution < -0.4 is 4.90 Å². The van der Waals surface area contributed by atoms with E-state index in [4.69, 9.17) is 4.74 Å². The molecule has 7 heteroatoms. The minimum atomic E-state index is -0.231. The Morgan fingerprint density at radius 2 is 1.46 bits per heavy atom. The third kappa shape index (κ3) is 3.40. The quantitative estimate of drug-likeness (QED) is 0.805. The average Bonchev–Trinajstić information content (AvgIpc) is 3.49. The summed E-state index contributed by atoms with van der Waals surface area (Å²) < 4.78 is 19.2. The van der Waals surface area contributed by atoms with Crippen LogP contribution in [0.1, 0.15) is 6.42 Å². The molecule has 0 N–H and O–H groups in total. The standard InChI is InChI=1S/C19H24FN3O3/c20-16-3-1-2-4-17(16)21-5-7-22(8-6-21)18(24)14-13-15(14)19(25)23-9-11-26-12-10-23/h1-4,14-15H,5-13H2. The molecule has 2 saturated heterocycles. The summed E-state index contributed by atoms with van der Waals surface area (Å²) in [5, 5.41) is 0. The van der Waals surface area contributed by atoms with Gasteiger partial charge in [0.2, 0.25) is 11.8 Å². The Morgan fingerprint density at radius 1 is 0.885 bits per heavy atom. The first-order valence-corrected chi connectivity index (χ1v) is 9.30. The van der Waals surface area contributed by atoms with E-state index in [0.29, 0.717) is 64.6 Å². The number of ether oxygens (including phenoxy) is 1. The highest BCUT2D eigenvalue weighted by molar-refractivity contribution is 5.92. The predicted octanol–water partition coefficient (Wildman–Crippen LogP) is 0.969. The molecule has 1 aromatic carbocycles. The van der Waals surface area contributed by atoms with Gasteiger partial charge in [-0.2, -0.15) is 0 Å². The third-order valence-corrected chi connectivity index (χ3v) is 5.53. The van der Waals surface area contributed by atoms with Gasteiger partial charge in [0.1, 0.15) is 5.82 Å². The molecule has 0 bridgehead atoms. The molecule has 1 saturated carbocycles. The van der Waals surface area contributed by atoms with Crippen LogP contribution in [0.4, 0.5) is 10.1 Å². The Morgan fingerprint density at radius 3 is 2.08 bits per heavy atom. The van der Waals surface area contributed by atoms with Crippen LogP contribution >= 0.6 is 0 Å². The molecule has 2 aliphatic heterocycles. The van der Waals surface area contributed by atoms with Crippen LogP contribution in [0.2, 0.25) is 0 Å². The molecule has 0 radical (unpaired) electrons. The molecule has 3 aliphatic rings. The number of piperazine rings is 1. The Balaban J connectivity index is 1.29. The van der Waals surface area contributed by atoms with Gasteiger partial charge in [-0.1, -0.05) is 12.1 Å². The van der Waals surface area contributed by atoms with Crippen LogP contribution in [-0.4, -0.2) is 74.1 Å². The van der Waals surface area contributed by atoms with Gasteiger partial charge < -0.3 is 19.4 Å². The highest BCUT2D eigenvalue weighted by atomic mass is 19.1. The number of hydrogen-bond donors (Lipinski definition) is 0. The number of nitrogens with zero attached hydrogens (tertiary/aromatic N) is 3. The van der Waals surface area contributed by atoms with E-state index in [9.17, 15) is 14.0 Å². The lowest BCUT2D eigenvalue weighted by atomic mass is 10.2. The average molecular weight is 361 g/mol. The molecule has 2 unspecified atom stereocenters. The van der Waals surface area contributed by atoms with Crippen LogP contribution in [0.15, 0.2) is 24.3 Å². The van der Waals surface area contributed by atoms with Crippen molar-refractivity contribution in [1.82, 2.24) is 9.80 Å². The Labute approximate surface area is 152 Å². The molecular weight excluding hydrogens is 337 g/mol. The zero-order chi connectivity index (χ0) is 18.1. The number of benzene rings is 1. The van der Waals surface area contributed by atoms with Gasteiger partial charge in [0.15, 0.2) is 0 Å². The second-order valence-electron chi connectivity index (χ2n) is 7.15. The van der Waals surface area contributed by atoms with E-state index in [1.165, 1.54) is 6.07 Å². The molecule has 6 nitrogen and oxygen atoms in total. The Kier molecular flexibility index (Phi) is 4.80. The molecule has 140 valence electrons. The summed E-state index contributed by atoms with van der Waals surface area (Å²) in [5.41, 5.74) is 0.589. The van der Waals surface area contributed by atoms with E-state index in [2.05, 4.69) is 0 Å². The molecule has 4 rings (SSSR count). The van der Waals surface area contributed by atoms with E-state index in [1.54, 1.807) is 12.1 Å². The van der Waals surface area contributed by atoms with Crippen molar-refractivity contribution in [1.29, 1.82) is 0 Å². The maximum atomic E-state index is 13.9. The van der Waals surface area contributed by atoms with Crippen molar-refractivity contribution in [2.45, 2.75) is 6.42 Å². The van der Waals surface area contributed by atoms with Crippen LogP contribution in [0, 0.1) is 17.7 Å². The highest BCUT2D eigenvalue weighted by Crippen LogP contribution is 2.41. The van der Waals surface area contributed by atoms with Gasteiger partial charge in [-0.25, -0.2) is 4.39 Å². The Hall–Kier alpha value is -2.15. The number of carbonyl (C=O) groups excluding carboxylic acids is 2. The summed E-state index contributed by atoms with van der Waals surface area (Å²) in [4.78, 5) is 30.8. The van der Waals surface area contributed by atoms with Gasteiger partial charge >= 0.3 is 0 Å². The van der Waals surface area contributed by atoms with Gasteiger partial charge in [-0.05, 0) is 18.6 Å². The Bertz CT molecular complexity index is 684. The third-order valence-electron chi connectivity index (χ3n) is 5.53. The SMILES string of the molecule is O=C(C1CC1C(=O)N1CCN(c2ccccc2F)CC1)N1CCOCC1. The van der Waals surface area contributed by atoms with Crippen LogP contribution in [0.25, 0.3) is 0 Å². The monoisotopic (exact) mass is 361 g/mol. The number of anilines is 1. The van der Waals surface area contributed by atoms with Crippen molar-refractivity contribution in [2.24, 2.45) is 11.8 Å². The number of amides is 2. The summed E-state index contributed by atoms with van der Waals surface area (Å²) >= 11 is 0. The highest BCUT2D eigenvalue weighted by Gasteiger charge is 2.51. The molecule has 0 spiro atoms. The van der Waals surface area contributed by atoms with E-state index in [0.717, 1.165) is 0 Å². The second kappa shape index (κ2) is 7.23. The van der Waals surface area contributed by atoms with Crippen LogP contribution in [0.3, 0.4) is 0 Å². The van der Waals surface area contributed by atoms with Crippen molar-refractivity contribution in [3.05, 3.63) is 30.1 Å². The minimum absolute atomic E-state index is 0.0739. The smallest absolute Gasteiger partial charge is 0.226 e. The summed E-state index contributed by atoms with van der Waals surface area (Å²) in [7, 11) is 0. The lowest BCUT2D eigenvalue weighted by Crippen LogP contribution is -2.50. The van der Waals surface area contributed by atoms with Crippen molar-refractivity contribution in [3.63, 3.8) is 0 Å².